The first kappa shape index (κ1) is 15.1. The summed E-state index contributed by atoms with van der Waals surface area (Å²) in [6.07, 6.45) is 0.615. The van der Waals surface area contributed by atoms with Crippen LogP contribution >= 0.6 is 0 Å². The lowest BCUT2D eigenvalue weighted by molar-refractivity contribution is -0.121. The van der Waals surface area contributed by atoms with E-state index in [9.17, 15) is 9.59 Å². The maximum Gasteiger partial charge on any atom is 0.253 e. The van der Waals surface area contributed by atoms with Crippen LogP contribution in [0, 0.1) is 24.7 Å². The molecule has 0 saturated carbocycles. The van der Waals surface area contributed by atoms with Crippen molar-refractivity contribution in [3.63, 3.8) is 0 Å². The molecule has 5 heteroatoms. The third kappa shape index (κ3) is 3.61. The van der Waals surface area contributed by atoms with Crippen LogP contribution in [0.1, 0.15) is 27.9 Å². The Kier molecular flexibility index (Phi) is 4.61. The molecule has 1 fully saturated rings. The fourth-order valence-electron chi connectivity index (χ4n) is 2.48. The summed E-state index contributed by atoms with van der Waals surface area (Å²) in [4.78, 5) is 25.3. The minimum Gasteiger partial charge on any atom is -0.384 e. The van der Waals surface area contributed by atoms with Gasteiger partial charge in [-0.25, -0.2) is 0 Å². The van der Waals surface area contributed by atoms with Gasteiger partial charge in [0.2, 0.25) is 5.91 Å². The van der Waals surface area contributed by atoms with Gasteiger partial charge < -0.3 is 15.7 Å². The topological polar surface area (TPSA) is 83.6 Å². The second kappa shape index (κ2) is 6.42. The highest BCUT2D eigenvalue weighted by molar-refractivity contribution is 5.95. The molecule has 1 aliphatic heterocycles. The minimum absolute atomic E-state index is 0.116. The Morgan fingerprint density at radius 3 is 2.81 bits per heavy atom. The molecule has 1 saturated heterocycles. The van der Waals surface area contributed by atoms with Gasteiger partial charge in [-0.05, 0) is 37.1 Å². The van der Waals surface area contributed by atoms with E-state index >= 15 is 0 Å². The Morgan fingerprint density at radius 2 is 2.19 bits per heavy atom. The smallest absolute Gasteiger partial charge is 0.253 e. The highest BCUT2D eigenvalue weighted by Crippen LogP contribution is 2.19. The van der Waals surface area contributed by atoms with E-state index < -0.39 is 0 Å². The van der Waals surface area contributed by atoms with Crippen molar-refractivity contribution < 1.29 is 14.7 Å². The van der Waals surface area contributed by atoms with E-state index in [1.54, 1.807) is 17.0 Å². The maximum atomic E-state index is 12.5. The lowest BCUT2D eigenvalue weighted by Gasteiger charge is -2.16. The summed E-state index contributed by atoms with van der Waals surface area (Å²) in [6.45, 7) is 2.58. The van der Waals surface area contributed by atoms with Gasteiger partial charge in [0.05, 0.1) is 5.92 Å². The fraction of sp³-hybridized carbons (Fsp3) is 0.375. The molecule has 1 atom stereocenters. The monoisotopic (exact) mass is 286 g/mol. The first-order chi connectivity index (χ1) is 10.0. The van der Waals surface area contributed by atoms with Crippen molar-refractivity contribution in [3.05, 3.63) is 34.9 Å². The number of rotatable bonds is 2. The molecule has 5 nitrogen and oxygen atoms in total. The lowest BCUT2D eigenvalue weighted by Crippen LogP contribution is -2.31. The minimum atomic E-state index is -0.357. The number of benzene rings is 1. The van der Waals surface area contributed by atoms with Crippen LogP contribution in [0.5, 0.6) is 0 Å². The molecule has 1 aromatic carbocycles. The molecular weight excluding hydrogens is 268 g/mol. The normalized spacial score (nSPS) is 17.2. The summed E-state index contributed by atoms with van der Waals surface area (Å²) in [5, 5.41) is 8.74. The molecule has 110 valence electrons. The lowest BCUT2D eigenvalue weighted by atomic mass is 10.1. The maximum absolute atomic E-state index is 12.5. The van der Waals surface area contributed by atoms with E-state index in [1.165, 1.54) is 0 Å². The number of aliphatic hydroxyl groups excluding tert-OH is 1. The van der Waals surface area contributed by atoms with Crippen LogP contribution in [0.3, 0.4) is 0 Å². The first-order valence-corrected chi connectivity index (χ1v) is 6.81. The van der Waals surface area contributed by atoms with E-state index in [0.29, 0.717) is 30.6 Å². The predicted octanol–water partition coefficient (Wildman–Crippen LogP) is 0.286. The molecule has 0 aliphatic carbocycles. The standard InChI is InChI=1S/C16H18N2O3/c1-11-7-12(3-2-6-19)9-14(8-11)16(21)18-5-4-13(10-18)15(17)20/h7-9,13,19H,4-6,10H2,1H3,(H2,17,20). The van der Waals surface area contributed by atoms with Crippen molar-refractivity contribution in [2.45, 2.75) is 13.3 Å². The molecule has 1 heterocycles. The molecule has 1 aromatic rings. The number of aryl methyl sites for hydroxylation is 1. The zero-order chi connectivity index (χ0) is 15.4. The third-order valence-corrected chi connectivity index (χ3v) is 3.51. The van der Waals surface area contributed by atoms with Crippen LogP contribution in [0.2, 0.25) is 0 Å². The van der Waals surface area contributed by atoms with Crippen LogP contribution in [0.15, 0.2) is 18.2 Å². The van der Waals surface area contributed by atoms with E-state index in [4.69, 9.17) is 10.8 Å². The van der Waals surface area contributed by atoms with Gasteiger partial charge in [0.1, 0.15) is 6.61 Å². The number of likely N-dealkylation sites (tertiary alicyclic amines) is 1. The van der Waals surface area contributed by atoms with Crippen LogP contribution in [-0.2, 0) is 4.79 Å². The van der Waals surface area contributed by atoms with Crippen LogP contribution in [0.25, 0.3) is 0 Å². The van der Waals surface area contributed by atoms with Crippen molar-refractivity contribution in [3.8, 4) is 11.8 Å². The van der Waals surface area contributed by atoms with Crippen LogP contribution < -0.4 is 5.73 Å². The summed E-state index contributed by atoms with van der Waals surface area (Å²) in [7, 11) is 0. The first-order valence-electron chi connectivity index (χ1n) is 6.81. The third-order valence-electron chi connectivity index (χ3n) is 3.51. The van der Waals surface area contributed by atoms with E-state index in [1.807, 2.05) is 13.0 Å². The second-order valence-corrected chi connectivity index (χ2v) is 5.19. The summed E-state index contributed by atoms with van der Waals surface area (Å²) in [5.74, 6) is 4.64. The van der Waals surface area contributed by atoms with Gasteiger partial charge in [-0.3, -0.25) is 9.59 Å². The number of amides is 2. The van der Waals surface area contributed by atoms with E-state index in [2.05, 4.69) is 11.8 Å². The molecular formula is C16H18N2O3. The van der Waals surface area contributed by atoms with Gasteiger partial charge in [-0.1, -0.05) is 11.8 Å². The van der Waals surface area contributed by atoms with Crippen molar-refractivity contribution in [2.24, 2.45) is 11.7 Å². The zero-order valence-corrected chi connectivity index (χ0v) is 11.9. The van der Waals surface area contributed by atoms with Crippen LogP contribution in [0.4, 0.5) is 0 Å². The Bertz CT molecular complexity index is 628. The van der Waals surface area contributed by atoms with Gasteiger partial charge in [0.25, 0.3) is 5.91 Å². The Labute approximate surface area is 123 Å². The SMILES string of the molecule is Cc1cc(C#CCO)cc(C(=O)N2CCC(C(N)=O)C2)c1. The number of primary amides is 1. The highest BCUT2D eigenvalue weighted by atomic mass is 16.2. The van der Waals surface area contributed by atoms with Crippen molar-refractivity contribution in [2.75, 3.05) is 19.7 Å². The number of carbonyl (C=O) groups is 2. The molecule has 0 radical (unpaired) electrons. The highest BCUT2D eigenvalue weighted by Gasteiger charge is 2.30. The van der Waals surface area contributed by atoms with Gasteiger partial charge in [0, 0.05) is 24.2 Å². The summed E-state index contributed by atoms with van der Waals surface area (Å²) in [6, 6.07) is 5.36. The molecule has 0 bridgehead atoms. The molecule has 2 amide bonds. The zero-order valence-electron chi connectivity index (χ0n) is 11.9. The number of carbonyl (C=O) groups excluding carboxylic acids is 2. The van der Waals surface area contributed by atoms with Crippen molar-refractivity contribution in [1.29, 1.82) is 0 Å². The van der Waals surface area contributed by atoms with Crippen molar-refractivity contribution in [1.82, 2.24) is 4.90 Å². The Morgan fingerprint density at radius 1 is 1.43 bits per heavy atom. The summed E-state index contributed by atoms with van der Waals surface area (Å²) >= 11 is 0. The second-order valence-electron chi connectivity index (χ2n) is 5.19. The molecule has 2 rings (SSSR count). The average Bonchev–Trinajstić information content (AvgIpc) is 2.93. The molecule has 1 unspecified atom stereocenters. The molecule has 1 aliphatic rings. The number of aliphatic hydroxyl groups is 1. The largest absolute Gasteiger partial charge is 0.384 e. The van der Waals surface area contributed by atoms with Gasteiger partial charge in [-0.15, -0.1) is 0 Å². The van der Waals surface area contributed by atoms with Crippen molar-refractivity contribution >= 4 is 11.8 Å². The molecule has 3 N–H and O–H groups in total. The number of hydrogen-bond acceptors (Lipinski definition) is 3. The number of nitrogens with two attached hydrogens (primary N) is 1. The number of nitrogens with zero attached hydrogens (tertiary/aromatic N) is 1. The molecule has 0 aromatic heterocycles. The Hall–Kier alpha value is -2.32. The van der Waals surface area contributed by atoms with E-state index in [-0.39, 0.29) is 24.3 Å². The van der Waals surface area contributed by atoms with Gasteiger partial charge in [0.15, 0.2) is 0 Å². The molecule has 0 spiro atoms. The van der Waals surface area contributed by atoms with Gasteiger partial charge in [-0.2, -0.15) is 0 Å². The predicted molar refractivity (Wildman–Crippen MR) is 78.3 cm³/mol. The average molecular weight is 286 g/mol. The summed E-state index contributed by atoms with van der Waals surface area (Å²) < 4.78 is 0. The van der Waals surface area contributed by atoms with E-state index in [0.717, 1.165) is 5.56 Å². The number of hydrogen-bond donors (Lipinski definition) is 2. The molecule has 21 heavy (non-hydrogen) atoms. The summed E-state index contributed by atoms with van der Waals surface area (Å²) in [5.41, 5.74) is 7.44. The Balaban J connectivity index is 2.20. The quantitative estimate of drug-likeness (QED) is 0.766. The fourth-order valence-corrected chi connectivity index (χ4v) is 2.48. The van der Waals surface area contributed by atoms with Crippen LogP contribution in [-0.4, -0.2) is 41.5 Å². The van der Waals surface area contributed by atoms with Gasteiger partial charge >= 0.3 is 0 Å².